The van der Waals surface area contributed by atoms with Crippen LogP contribution in [0.2, 0.25) is 5.02 Å². The molecule has 7 heteroatoms. The van der Waals surface area contributed by atoms with Crippen LogP contribution >= 0.6 is 11.6 Å². The lowest BCUT2D eigenvalue weighted by Crippen LogP contribution is -2.39. The number of nitrogens with one attached hydrogen (secondary N) is 1. The average Bonchev–Trinajstić information content (AvgIpc) is 2.85. The zero-order chi connectivity index (χ0) is 18.0. The van der Waals surface area contributed by atoms with Crippen molar-refractivity contribution in [2.45, 2.75) is 6.10 Å². The highest BCUT2D eigenvalue weighted by Crippen LogP contribution is 2.23. The van der Waals surface area contributed by atoms with Gasteiger partial charge in [0.05, 0.1) is 34.4 Å². The van der Waals surface area contributed by atoms with Gasteiger partial charge in [0.1, 0.15) is 6.07 Å². The lowest BCUT2D eigenvalue weighted by atomic mass is 10.1. The standard InChI is InChI=1S/C18H14ClN3O3/c19-16-7-12(6-5-11(16)8-20)21-9-13(23)10-22-17(24)14-3-1-2-4-15(14)18(22)25/h1-7,13,21,23H,9-10H2/t13-/m0/s1. The summed E-state index contributed by atoms with van der Waals surface area (Å²) in [5, 5.41) is 22.3. The lowest BCUT2D eigenvalue weighted by Gasteiger charge is -2.19. The number of benzene rings is 2. The number of β-amino-alcohol motifs (C(OH)–C–C–N with tert-alkyl or cyclic N) is 1. The third-order valence-electron chi connectivity index (χ3n) is 3.90. The van der Waals surface area contributed by atoms with Gasteiger partial charge >= 0.3 is 0 Å². The van der Waals surface area contributed by atoms with E-state index in [2.05, 4.69) is 5.32 Å². The molecule has 2 aromatic rings. The predicted octanol–water partition coefficient (Wildman–Crippen LogP) is 2.28. The molecule has 25 heavy (non-hydrogen) atoms. The number of amides is 2. The number of fused-ring (bicyclic) bond motifs is 1. The number of imide groups is 1. The lowest BCUT2D eigenvalue weighted by molar-refractivity contribution is 0.0558. The zero-order valence-electron chi connectivity index (χ0n) is 13.1. The normalized spacial score (nSPS) is 14.2. The fourth-order valence-corrected chi connectivity index (χ4v) is 2.85. The van der Waals surface area contributed by atoms with Crippen molar-refractivity contribution in [3.05, 3.63) is 64.2 Å². The van der Waals surface area contributed by atoms with Crippen LogP contribution in [0.15, 0.2) is 42.5 Å². The van der Waals surface area contributed by atoms with Gasteiger partial charge in [-0.15, -0.1) is 0 Å². The van der Waals surface area contributed by atoms with Gasteiger partial charge in [0.2, 0.25) is 0 Å². The van der Waals surface area contributed by atoms with Gasteiger partial charge < -0.3 is 10.4 Å². The molecule has 0 unspecified atom stereocenters. The fraction of sp³-hybridized carbons (Fsp3) is 0.167. The van der Waals surface area contributed by atoms with E-state index in [1.54, 1.807) is 42.5 Å². The van der Waals surface area contributed by atoms with Crippen molar-refractivity contribution < 1.29 is 14.7 Å². The molecular formula is C18H14ClN3O3. The Morgan fingerprint density at radius 2 is 1.80 bits per heavy atom. The summed E-state index contributed by atoms with van der Waals surface area (Å²) < 4.78 is 0. The van der Waals surface area contributed by atoms with Crippen molar-refractivity contribution in [1.82, 2.24) is 4.90 Å². The molecule has 3 rings (SSSR count). The first-order chi connectivity index (χ1) is 12.0. The van der Waals surface area contributed by atoms with Crippen molar-refractivity contribution >= 4 is 29.1 Å². The van der Waals surface area contributed by atoms with Crippen LogP contribution in [0.3, 0.4) is 0 Å². The first kappa shape index (κ1) is 17.0. The Bertz CT molecular complexity index is 856. The van der Waals surface area contributed by atoms with Crippen molar-refractivity contribution in [2.24, 2.45) is 0 Å². The summed E-state index contributed by atoms with van der Waals surface area (Å²) in [5.74, 6) is -0.804. The molecule has 2 N–H and O–H groups in total. The number of nitrogens with zero attached hydrogens (tertiary/aromatic N) is 2. The van der Waals surface area contributed by atoms with E-state index in [0.29, 0.717) is 27.4 Å². The molecule has 0 aliphatic carbocycles. The van der Waals surface area contributed by atoms with E-state index in [-0.39, 0.29) is 13.1 Å². The maximum Gasteiger partial charge on any atom is 0.261 e. The van der Waals surface area contributed by atoms with Crippen molar-refractivity contribution in [1.29, 1.82) is 5.26 Å². The summed E-state index contributed by atoms with van der Waals surface area (Å²) >= 11 is 5.95. The molecule has 1 aliphatic rings. The first-order valence-electron chi connectivity index (χ1n) is 7.58. The minimum atomic E-state index is -0.948. The number of anilines is 1. The largest absolute Gasteiger partial charge is 0.389 e. The third-order valence-corrected chi connectivity index (χ3v) is 4.22. The van der Waals surface area contributed by atoms with E-state index in [0.717, 1.165) is 4.90 Å². The van der Waals surface area contributed by atoms with Crippen LogP contribution in [0.25, 0.3) is 0 Å². The Labute approximate surface area is 149 Å². The molecule has 0 fully saturated rings. The number of aliphatic hydroxyl groups is 1. The third kappa shape index (κ3) is 3.33. The number of rotatable bonds is 5. The zero-order valence-corrected chi connectivity index (χ0v) is 13.8. The minimum Gasteiger partial charge on any atom is -0.389 e. The van der Waals surface area contributed by atoms with Crippen LogP contribution in [0.1, 0.15) is 26.3 Å². The molecule has 6 nitrogen and oxygen atoms in total. The van der Waals surface area contributed by atoms with Crippen LogP contribution < -0.4 is 5.32 Å². The molecule has 0 aromatic heterocycles. The molecule has 0 radical (unpaired) electrons. The van der Waals surface area contributed by atoms with Crippen LogP contribution in [0.4, 0.5) is 5.69 Å². The van der Waals surface area contributed by atoms with Crippen molar-refractivity contribution in [2.75, 3.05) is 18.4 Å². The van der Waals surface area contributed by atoms with Gasteiger partial charge in [0.25, 0.3) is 11.8 Å². The number of aliphatic hydroxyl groups excluding tert-OH is 1. The minimum absolute atomic E-state index is 0.108. The molecule has 0 bridgehead atoms. The molecule has 1 aliphatic heterocycles. The molecule has 0 saturated carbocycles. The van der Waals surface area contributed by atoms with Gasteiger partial charge in [0.15, 0.2) is 0 Å². The Kier molecular flexibility index (Phi) is 4.70. The van der Waals surface area contributed by atoms with Gasteiger partial charge in [0, 0.05) is 12.2 Å². The summed E-state index contributed by atoms with van der Waals surface area (Å²) in [4.78, 5) is 25.6. The number of carbonyl (C=O) groups excluding carboxylic acids is 2. The first-order valence-corrected chi connectivity index (χ1v) is 7.96. The Morgan fingerprint density at radius 1 is 1.16 bits per heavy atom. The summed E-state index contributed by atoms with van der Waals surface area (Å²) in [5.41, 5.74) is 1.70. The van der Waals surface area contributed by atoms with Crippen LogP contribution in [0, 0.1) is 11.3 Å². The Morgan fingerprint density at radius 3 is 2.36 bits per heavy atom. The second-order valence-corrected chi connectivity index (χ2v) is 6.01. The molecule has 126 valence electrons. The van der Waals surface area contributed by atoms with Gasteiger partial charge in [-0.2, -0.15) is 5.26 Å². The summed E-state index contributed by atoms with van der Waals surface area (Å²) in [7, 11) is 0. The maximum atomic E-state index is 12.3. The summed E-state index contributed by atoms with van der Waals surface area (Å²) in [6.45, 7) is 0.0129. The number of nitriles is 1. The molecule has 0 saturated heterocycles. The highest BCUT2D eigenvalue weighted by molar-refractivity contribution is 6.32. The SMILES string of the molecule is N#Cc1ccc(NC[C@H](O)CN2C(=O)c3ccccc3C2=O)cc1Cl. The van der Waals surface area contributed by atoms with E-state index in [1.165, 1.54) is 0 Å². The highest BCUT2D eigenvalue weighted by Gasteiger charge is 2.35. The molecular weight excluding hydrogens is 342 g/mol. The molecule has 1 atom stereocenters. The fourth-order valence-electron chi connectivity index (χ4n) is 2.63. The van der Waals surface area contributed by atoms with Crippen LogP contribution in [-0.2, 0) is 0 Å². The number of halogens is 1. The number of carbonyl (C=O) groups is 2. The molecule has 2 aromatic carbocycles. The van der Waals surface area contributed by atoms with E-state index in [9.17, 15) is 14.7 Å². The average molecular weight is 356 g/mol. The van der Waals surface area contributed by atoms with Gasteiger partial charge in [-0.05, 0) is 30.3 Å². The monoisotopic (exact) mass is 355 g/mol. The van der Waals surface area contributed by atoms with E-state index in [1.807, 2.05) is 6.07 Å². The van der Waals surface area contributed by atoms with E-state index < -0.39 is 17.9 Å². The second-order valence-electron chi connectivity index (χ2n) is 5.61. The Hall–Kier alpha value is -2.88. The van der Waals surface area contributed by atoms with Crippen LogP contribution in [-0.4, -0.2) is 41.0 Å². The quantitative estimate of drug-likeness (QED) is 0.802. The van der Waals surface area contributed by atoms with Gasteiger partial charge in [-0.1, -0.05) is 23.7 Å². The summed E-state index contributed by atoms with van der Waals surface area (Å²) in [6.07, 6.45) is -0.948. The van der Waals surface area contributed by atoms with Gasteiger partial charge in [-0.25, -0.2) is 0 Å². The van der Waals surface area contributed by atoms with E-state index >= 15 is 0 Å². The molecule has 1 heterocycles. The highest BCUT2D eigenvalue weighted by atomic mass is 35.5. The maximum absolute atomic E-state index is 12.3. The number of hydrogen-bond donors (Lipinski definition) is 2. The number of hydrogen-bond acceptors (Lipinski definition) is 5. The summed E-state index contributed by atoms with van der Waals surface area (Å²) in [6, 6.07) is 13.4. The predicted molar refractivity (Wildman–Crippen MR) is 92.5 cm³/mol. The van der Waals surface area contributed by atoms with Crippen LogP contribution in [0.5, 0.6) is 0 Å². The Balaban J connectivity index is 1.61. The van der Waals surface area contributed by atoms with E-state index in [4.69, 9.17) is 16.9 Å². The smallest absolute Gasteiger partial charge is 0.261 e. The second kappa shape index (κ2) is 6.93. The topological polar surface area (TPSA) is 93.4 Å². The van der Waals surface area contributed by atoms with Crippen molar-refractivity contribution in [3.63, 3.8) is 0 Å². The van der Waals surface area contributed by atoms with Crippen molar-refractivity contribution in [3.8, 4) is 6.07 Å². The molecule has 2 amide bonds. The molecule has 0 spiro atoms. The van der Waals surface area contributed by atoms with Gasteiger partial charge in [-0.3, -0.25) is 14.5 Å².